The molecule has 0 spiro atoms. The maximum Gasteiger partial charge on any atom is 0.273 e. The van der Waals surface area contributed by atoms with Gasteiger partial charge in [-0.1, -0.05) is 0 Å². The number of nitro groups is 1. The Labute approximate surface area is 84.9 Å². The molecule has 7 heteroatoms. The fraction of sp³-hybridized carbons (Fsp3) is 0.125. The third-order valence-corrected chi connectivity index (χ3v) is 1.73. The molecule has 0 saturated heterocycles. The molecule has 0 heterocycles. The molecule has 0 aliphatic heterocycles. The molecule has 1 aromatic rings. The van der Waals surface area contributed by atoms with E-state index < -0.39 is 10.8 Å². The molecule has 1 rings (SSSR count). The lowest BCUT2D eigenvalue weighted by Crippen LogP contribution is -2.30. The summed E-state index contributed by atoms with van der Waals surface area (Å²) in [6, 6.07) is 3.69. The van der Waals surface area contributed by atoms with E-state index >= 15 is 0 Å². The van der Waals surface area contributed by atoms with Crippen molar-refractivity contribution in [1.29, 1.82) is 0 Å². The Morgan fingerprint density at radius 3 is 2.67 bits per heavy atom. The van der Waals surface area contributed by atoms with E-state index in [1.54, 1.807) is 0 Å². The monoisotopic (exact) mass is 211 g/mol. The number of non-ortho nitro benzene ring substituents is 1. The first kappa shape index (κ1) is 10.9. The van der Waals surface area contributed by atoms with Gasteiger partial charge in [0.25, 0.3) is 11.6 Å². The number of nitrogens with zero attached hydrogens (tertiary/aromatic N) is 1. The number of nitro benzene ring substituents is 1. The quantitative estimate of drug-likeness (QED) is 0.321. The van der Waals surface area contributed by atoms with E-state index in [0.717, 1.165) is 6.07 Å². The molecular weight excluding hydrogens is 202 g/mol. The first-order chi connectivity index (χ1) is 7.08. The molecule has 1 amide bonds. The smallest absolute Gasteiger partial charge is 0.273 e. The summed E-state index contributed by atoms with van der Waals surface area (Å²) in [6.45, 7) is 0. The highest BCUT2D eigenvalue weighted by atomic mass is 16.6. The van der Waals surface area contributed by atoms with Crippen molar-refractivity contribution in [3.05, 3.63) is 33.9 Å². The largest absolute Gasteiger partial charge is 0.496 e. The van der Waals surface area contributed by atoms with Crippen molar-refractivity contribution in [2.24, 2.45) is 5.84 Å². The van der Waals surface area contributed by atoms with Crippen molar-refractivity contribution < 1.29 is 14.5 Å². The Bertz CT molecular complexity index is 405. The first-order valence-corrected chi connectivity index (χ1v) is 3.93. The van der Waals surface area contributed by atoms with Gasteiger partial charge in [0.05, 0.1) is 23.7 Å². The molecule has 7 nitrogen and oxygen atoms in total. The lowest BCUT2D eigenvalue weighted by molar-refractivity contribution is -0.385. The highest BCUT2D eigenvalue weighted by Gasteiger charge is 2.13. The molecule has 0 aliphatic rings. The zero-order valence-corrected chi connectivity index (χ0v) is 7.89. The van der Waals surface area contributed by atoms with Gasteiger partial charge in [0, 0.05) is 6.07 Å². The SMILES string of the molecule is COc1cc(C(=O)NN)cc([N+](=O)[O-])c1. The van der Waals surface area contributed by atoms with Crippen LogP contribution in [0.1, 0.15) is 10.4 Å². The fourth-order valence-electron chi connectivity index (χ4n) is 1.02. The van der Waals surface area contributed by atoms with Crippen LogP contribution in [0.25, 0.3) is 0 Å². The number of hydrogen-bond donors (Lipinski definition) is 2. The van der Waals surface area contributed by atoms with Crippen LogP contribution in [0, 0.1) is 10.1 Å². The number of ether oxygens (including phenoxy) is 1. The van der Waals surface area contributed by atoms with Crippen LogP contribution in [-0.4, -0.2) is 17.9 Å². The average molecular weight is 211 g/mol. The maximum absolute atomic E-state index is 11.1. The molecule has 0 aliphatic carbocycles. The number of nitrogens with one attached hydrogen (secondary N) is 1. The van der Waals surface area contributed by atoms with Crippen molar-refractivity contribution >= 4 is 11.6 Å². The molecular formula is C8H9N3O4. The van der Waals surface area contributed by atoms with Crippen molar-refractivity contribution in [3.8, 4) is 5.75 Å². The molecule has 3 N–H and O–H groups in total. The number of nitrogen functional groups attached to an aromatic ring is 1. The van der Waals surface area contributed by atoms with Gasteiger partial charge in [-0.2, -0.15) is 0 Å². The number of hydrazine groups is 1. The molecule has 0 aromatic heterocycles. The zero-order chi connectivity index (χ0) is 11.4. The Morgan fingerprint density at radius 1 is 1.53 bits per heavy atom. The number of carbonyl (C=O) groups excluding carboxylic acids is 1. The predicted octanol–water partition coefficient (Wildman–Crippen LogP) is 0.207. The molecule has 0 unspecified atom stereocenters. The average Bonchev–Trinajstić information content (AvgIpc) is 2.27. The van der Waals surface area contributed by atoms with Crippen molar-refractivity contribution in [1.82, 2.24) is 5.43 Å². The van der Waals surface area contributed by atoms with Gasteiger partial charge in [-0.05, 0) is 6.07 Å². The van der Waals surface area contributed by atoms with E-state index in [4.69, 9.17) is 10.6 Å². The van der Waals surface area contributed by atoms with Crippen LogP contribution in [0.15, 0.2) is 18.2 Å². The van der Waals surface area contributed by atoms with Gasteiger partial charge in [0.15, 0.2) is 0 Å². The predicted molar refractivity (Wildman–Crippen MR) is 51.3 cm³/mol. The summed E-state index contributed by atoms with van der Waals surface area (Å²) in [6.07, 6.45) is 0. The van der Waals surface area contributed by atoms with E-state index in [1.165, 1.54) is 19.2 Å². The second-order valence-corrected chi connectivity index (χ2v) is 2.65. The Kier molecular flexibility index (Phi) is 3.19. The van der Waals surface area contributed by atoms with E-state index in [1.807, 2.05) is 5.43 Å². The van der Waals surface area contributed by atoms with Crippen molar-refractivity contribution in [2.75, 3.05) is 7.11 Å². The van der Waals surface area contributed by atoms with Gasteiger partial charge < -0.3 is 4.74 Å². The summed E-state index contributed by atoms with van der Waals surface area (Å²) in [5.41, 5.74) is 1.73. The van der Waals surface area contributed by atoms with Crippen LogP contribution in [-0.2, 0) is 0 Å². The number of nitrogens with two attached hydrogens (primary N) is 1. The summed E-state index contributed by atoms with van der Waals surface area (Å²) < 4.78 is 4.82. The molecule has 0 fully saturated rings. The van der Waals surface area contributed by atoms with Crippen LogP contribution >= 0.6 is 0 Å². The summed E-state index contributed by atoms with van der Waals surface area (Å²) in [7, 11) is 1.35. The first-order valence-electron chi connectivity index (χ1n) is 3.93. The Balaban J connectivity index is 3.23. The normalized spacial score (nSPS) is 9.47. The Morgan fingerprint density at radius 2 is 2.20 bits per heavy atom. The molecule has 0 saturated carbocycles. The number of benzene rings is 1. The van der Waals surface area contributed by atoms with Crippen LogP contribution in [0.2, 0.25) is 0 Å². The zero-order valence-electron chi connectivity index (χ0n) is 7.89. The molecule has 0 bridgehead atoms. The highest BCUT2D eigenvalue weighted by Crippen LogP contribution is 2.22. The van der Waals surface area contributed by atoms with Gasteiger partial charge >= 0.3 is 0 Å². The number of amides is 1. The van der Waals surface area contributed by atoms with E-state index in [0.29, 0.717) is 0 Å². The lowest BCUT2D eigenvalue weighted by atomic mass is 10.2. The standard InChI is InChI=1S/C8H9N3O4/c1-15-7-3-5(8(12)10-9)2-6(4-7)11(13)14/h2-4H,9H2,1H3,(H,10,12). The van der Waals surface area contributed by atoms with Crippen molar-refractivity contribution in [2.45, 2.75) is 0 Å². The van der Waals surface area contributed by atoms with Crippen LogP contribution in [0.4, 0.5) is 5.69 Å². The summed E-state index contributed by atoms with van der Waals surface area (Å²) in [4.78, 5) is 21.0. The topological polar surface area (TPSA) is 107 Å². The van der Waals surface area contributed by atoms with Crippen LogP contribution in [0.3, 0.4) is 0 Å². The fourth-order valence-corrected chi connectivity index (χ4v) is 1.02. The van der Waals surface area contributed by atoms with Crippen LogP contribution < -0.4 is 16.0 Å². The lowest BCUT2D eigenvalue weighted by Gasteiger charge is -2.03. The van der Waals surface area contributed by atoms with Crippen molar-refractivity contribution in [3.63, 3.8) is 0 Å². The molecule has 0 radical (unpaired) electrons. The molecule has 80 valence electrons. The third-order valence-electron chi connectivity index (χ3n) is 1.73. The molecule has 15 heavy (non-hydrogen) atoms. The highest BCUT2D eigenvalue weighted by molar-refractivity contribution is 5.94. The van der Waals surface area contributed by atoms with Gasteiger partial charge in [0.1, 0.15) is 5.75 Å². The van der Waals surface area contributed by atoms with E-state index in [-0.39, 0.29) is 17.0 Å². The maximum atomic E-state index is 11.1. The van der Waals surface area contributed by atoms with Gasteiger partial charge in [-0.15, -0.1) is 0 Å². The number of methoxy groups -OCH3 is 1. The van der Waals surface area contributed by atoms with Gasteiger partial charge in [-0.3, -0.25) is 20.3 Å². The summed E-state index contributed by atoms with van der Waals surface area (Å²) in [5.74, 6) is 4.52. The number of hydrogen-bond acceptors (Lipinski definition) is 5. The minimum Gasteiger partial charge on any atom is -0.496 e. The Hall–Kier alpha value is -2.15. The minimum atomic E-state index is -0.615. The van der Waals surface area contributed by atoms with Crippen LogP contribution in [0.5, 0.6) is 5.75 Å². The van der Waals surface area contributed by atoms with E-state index in [2.05, 4.69) is 0 Å². The summed E-state index contributed by atoms with van der Waals surface area (Å²) in [5, 5.41) is 10.5. The third kappa shape index (κ3) is 2.41. The number of carbonyl (C=O) groups is 1. The molecule has 1 aromatic carbocycles. The van der Waals surface area contributed by atoms with Gasteiger partial charge in [0.2, 0.25) is 0 Å². The van der Waals surface area contributed by atoms with Gasteiger partial charge in [-0.25, -0.2) is 5.84 Å². The number of rotatable bonds is 3. The van der Waals surface area contributed by atoms with E-state index in [9.17, 15) is 14.9 Å². The summed E-state index contributed by atoms with van der Waals surface area (Å²) >= 11 is 0. The minimum absolute atomic E-state index is 0.0727. The molecule has 0 atom stereocenters. The second-order valence-electron chi connectivity index (χ2n) is 2.65. The second kappa shape index (κ2) is 4.38.